The lowest BCUT2D eigenvalue weighted by atomic mass is 10.2. The molecule has 5 heteroatoms. The highest BCUT2D eigenvalue weighted by Crippen LogP contribution is 2.13. The lowest BCUT2D eigenvalue weighted by Crippen LogP contribution is -1.93. The molecule has 0 amide bonds. The normalized spacial score (nSPS) is 9.92. The standard InChI is InChI=1S/C8H5FN4/c9-7-3-1-2-6(4-7)8-12-10-5-11-13-8/h1-5H. The van der Waals surface area contributed by atoms with Gasteiger partial charge in [0.05, 0.1) is 0 Å². The summed E-state index contributed by atoms with van der Waals surface area (Å²) in [6.07, 6.45) is 1.22. The van der Waals surface area contributed by atoms with Crippen LogP contribution in [0.5, 0.6) is 0 Å². The quantitative estimate of drug-likeness (QED) is 0.652. The Morgan fingerprint density at radius 1 is 1.08 bits per heavy atom. The summed E-state index contributed by atoms with van der Waals surface area (Å²) in [7, 11) is 0. The van der Waals surface area contributed by atoms with Crippen molar-refractivity contribution in [1.29, 1.82) is 0 Å². The first-order valence-electron chi connectivity index (χ1n) is 3.62. The number of nitrogens with zero attached hydrogens (tertiary/aromatic N) is 4. The van der Waals surface area contributed by atoms with Gasteiger partial charge in [0.2, 0.25) is 5.82 Å². The topological polar surface area (TPSA) is 51.6 Å². The molecule has 2 aromatic rings. The Morgan fingerprint density at radius 3 is 2.54 bits per heavy atom. The number of hydrogen-bond acceptors (Lipinski definition) is 4. The van der Waals surface area contributed by atoms with Crippen molar-refractivity contribution >= 4 is 0 Å². The van der Waals surface area contributed by atoms with Crippen LogP contribution in [0.3, 0.4) is 0 Å². The fourth-order valence-electron chi connectivity index (χ4n) is 0.947. The number of rotatable bonds is 1. The molecule has 13 heavy (non-hydrogen) atoms. The number of halogens is 1. The molecular weight excluding hydrogens is 171 g/mol. The van der Waals surface area contributed by atoms with Gasteiger partial charge in [0.25, 0.3) is 0 Å². The van der Waals surface area contributed by atoms with Crippen molar-refractivity contribution in [3.05, 3.63) is 36.4 Å². The van der Waals surface area contributed by atoms with E-state index in [1.807, 2.05) is 0 Å². The van der Waals surface area contributed by atoms with Crippen molar-refractivity contribution in [2.45, 2.75) is 0 Å². The molecule has 0 aliphatic carbocycles. The molecule has 0 bridgehead atoms. The number of benzene rings is 1. The van der Waals surface area contributed by atoms with Gasteiger partial charge in [-0.15, -0.1) is 20.4 Å². The molecule has 1 aromatic carbocycles. The van der Waals surface area contributed by atoms with Gasteiger partial charge in [0.15, 0.2) is 6.33 Å². The largest absolute Gasteiger partial charge is 0.207 e. The van der Waals surface area contributed by atoms with E-state index in [2.05, 4.69) is 20.4 Å². The van der Waals surface area contributed by atoms with Gasteiger partial charge in [0.1, 0.15) is 5.82 Å². The summed E-state index contributed by atoms with van der Waals surface area (Å²) in [6.45, 7) is 0. The summed E-state index contributed by atoms with van der Waals surface area (Å²) in [4.78, 5) is 0. The lowest BCUT2D eigenvalue weighted by Gasteiger charge is -1.95. The Morgan fingerprint density at radius 2 is 1.85 bits per heavy atom. The van der Waals surface area contributed by atoms with Crippen molar-refractivity contribution < 1.29 is 4.39 Å². The van der Waals surface area contributed by atoms with E-state index < -0.39 is 0 Å². The second kappa shape index (κ2) is 3.22. The van der Waals surface area contributed by atoms with Crippen molar-refractivity contribution in [1.82, 2.24) is 20.4 Å². The van der Waals surface area contributed by atoms with Gasteiger partial charge in [-0.2, -0.15) is 0 Å². The molecule has 0 aliphatic rings. The Labute approximate surface area is 73.5 Å². The first kappa shape index (κ1) is 7.72. The molecule has 64 valence electrons. The van der Waals surface area contributed by atoms with Gasteiger partial charge in [0, 0.05) is 5.56 Å². The molecule has 0 saturated heterocycles. The van der Waals surface area contributed by atoms with Gasteiger partial charge < -0.3 is 0 Å². The molecular formula is C8H5FN4. The van der Waals surface area contributed by atoms with E-state index in [1.165, 1.54) is 18.5 Å². The SMILES string of the molecule is Fc1cccc(-c2nncnn2)c1. The highest BCUT2D eigenvalue weighted by Gasteiger charge is 2.01. The third-order valence-electron chi connectivity index (χ3n) is 1.49. The fraction of sp³-hybridized carbons (Fsp3) is 0. The molecule has 2 rings (SSSR count). The fourth-order valence-corrected chi connectivity index (χ4v) is 0.947. The summed E-state index contributed by atoms with van der Waals surface area (Å²) in [6, 6.07) is 5.97. The van der Waals surface area contributed by atoms with E-state index in [0.717, 1.165) is 0 Å². The van der Waals surface area contributed by atoms with E-state index in [-0.39, 0.29) is 5.82 Å². The summed E-state index contributed by atoms with van der Waals surface area (Å²) < 4.78 is 12.8. The summed E-state index contributed by atoms with van der Waals surface area (Å²) in [5, 5.41) is 14.5. The molecule has 0 atom stereocenters. The van der Waals surface area contributed by atoms with Crippen LogP contribution in [-0.4, -0.2) is 20.4 Å². The molecule has 4 nitrogen and oxygen atoms in total. The molecule has 0 unspecified atom stereocenters. The van der Waals surface area contributed by atoms with Crippen LogP contribution in [0.4, 0.5) is 4.39 Å². The van der Waals surface area contributed by atoms with Crippen LogP contribution < -0.4 is 0 Å². The maximum absolute atomic E-state index is 12.8. The molecule has 0 spiro atoms. The monoisotopic (exact) mass is 176 g/mol. The van der Waals surface area contributed by atoms with Gasteiger partial charge in [-0.25, -0.2) is 4.39 Å². The van der Waals surface area contributed by atoms with Gasteiger partial charge >= 0.3 is 0 Å². The van der Waals surface area contributed by atoms with Crippen LogP contribution in [0, 0.1) is 5.82 Å². The Balaban J connectivity index is 2.48. The number of aromatic nitrogens is 4. The van der Waals surface area contributed by atoms with Crippen molar-refractivity contribution in [3.8, 4) is 11.4 Å². The Kier molecular flexibility index (Phi) is 1.91. The van der Waals surface area contributed by atoms with E-state index in [0.29, 0.717) is 11.4 Å². The molecule has 0 saturated carbocycles. The summed E-state index contributed by atoms with van der Waals surface area (Å²) >= 11 is 0. The smallest absolute Gasteiger partial charge is 0.203 e. The van der Waals surface area contributed by atoms with E-state index in [1.54, 1.807) is 12.1 Å². The average Bonchev–Trinajstić information content (AvgIpc) is 2.19. The van der Waals surface area contributed by atoms with Crippen LogP contribution in [0.15, 0.2) is 30.6 Å². The van der Waals surface area contributed by atoms with E-state index in [9.17, 15) is 4.39 Å². The second-order valence-corrected chi connectivity index (χ2v) is 2.38. The number of hydrogen-bond donors (Lipinski definition) is 0. The third kappa shape index (κ3) is 1.64. The zero-order chi connectivity index (χ0) is 9.10. The predicted molar refractivity (Wildman–Crippen MR) is 43.0 cm³/mol. The van der Waals surface area contributed by atoms with E-state index >= 15 is 0 Å². The molecule has 0 aliphatic heterocycles. The average molecular weight is 176 g/mol. The minimum Gasteiger partial charge on any atom is -0.207 e. The van der Waals surface area contributed by atoms with E-state index in [4.69, 9.17) is 0 Å². The minimum absolute atomic E-state index is 0.321. The van der Waals surface area contributed by atoms with Crippen molar-refractivity contribution in [2.24, 2.45) is 0 Å². The third-order valence-corrected chi connectivity index (χ3v) is 1.49. The van der Waals surface area contributed by atoms with Gasteiger partial charge in [-0.3, -0.25) is 0 Å². The summed E-state index contributed by atoms with van der Waals surface area (Å²) in [5.74, 6) is -0.00745. The lowest BCUT2D eigenvalue weighted by molar-refractivity contribution is 0.628. The molecule has 0 radical (unpaired) electrons. The molecule has 1 heterocycles. The molecule has 0 N–H and O–H groups in total. The highest BCUT2D eigenvalue weighted by atomic mass is 19.1. The Bertz CT molecular complexity index is 404. The molecule has 0 fully saturated rings. The van der Waals surface area contributed by atoms with Crippen molar-refractivity contribution in [3.63, 3.8) is 0 Å². The van der Waals surface area contributed by atoms with Crippen LogP contribution in [0.25, 0.3) is 11.4 Å². The van der Waals surface area contributed by atoms with Crippen LogP contribution in [0.2, 0.25) is 0 Å². The zero-order valence-corrected chi connectivity index (χ0v) is 6.55. The first-order chi connectivity index (χ1) is 6.36. The zero-order valence-electron chi connectivity index (χ0n) is 6.55. The van der Waals surface area contributed by atoms with Crippen LogP contribution >= 0.6 is 0 Å². The predicted octanol–water partition coefficient (Wildman–Crippen LogP) is 1.07. The van der Waals surface area contributed by atoms with Gasteiger partial charge in [-0.1, -0.05) is 12.1 Å². The minimum atomic E-state index is -0.329. The Hall–Kier alpha value is -1.91. The maximum Gasteiger partial charge on any atom is 0.203 e. The molecule has 1 aromatic heterocycles. The highest BCUT2D eigenvalue weighted by molar-refractivity contribution is 5.53. The van der Waals surface area contributed by atoms with Crippen LogP contribution in [-0.2, 0) is 0 Å². The maximum atomic E-state index is 12.8. The van der Waals surface area contributed by atoms with Crippen molar-refractivity contribution in [2.75, 3.05) is 0 Å². The van der Waals surface area contributed by atoms with Gasteiger partial charge in [-0.05, 0) is 12.1 Å². The first-order valence-corrected chi connectivity index (χ1v) is 3.62. The van der Waals surface area contributed by atoms with Crippen LogP contribution in [0.1, 0.15) is 0 Å². The summed E-state index contributed by atoms with van der Waals surface area (Å²) in [5.41, 5.74) is 0.570. The second-order valence-electron chi connectivity index (χ2n) is 2.38.